The van der Waals surface area contributed by atoms with Crippen molar-refractivity contribution < 1.29 is 9.59 Å². The Balaban J connectivity index is 1.49. The summed E-state index contributed by atoms with van der Waals surface area (Å²) in [6, 6.07) is 15.8. The van der Waals surface area contributed by atoms with Gasteiger partial charge in [-0.25, -0.2) is 4.98 Å². The lowest BCUT2D eigenvalue weighted by Gasteiger charge is -2.25. The molecule has 0 bridgehead atoms. The number of para-hydroxylation sites is 2. The van der Waals surface area contributed by atoms with Crippen LogP contribution in [0.1, 0.15) is 52.0 Å². The molecule has 4 rings (SSSR count). The fourth-order valence-electron chi connectivity index (χ4n) is 4.09. The number of amides is 2. The van der Waals surface area contributed by atoms with Crippen LogP contribution in [0.4, 0.5) is 11.4 Å². The Morgan fingerprint density at radius 3 is 2.32 bits per heavy atom. The fourth-order valence-corrected chi connectivity index (χ4v) is 5.09. The second-order valence-corrected chi connectivity index (χ2v) is 9.36. The average Bonchev–Trinajstić information content (AvgIpc) is 3.13. The van der Waals surface area contributed by atoms with Crippen LogP contribution in [-0.2, 0) is 9.59 Å². The maximum absolute atomic E-state index is 12.8. The number of carbonyl (C=O) groups excluding carboxylic acids is 2. The minimum absolute atomic E-state index is 0.0699. The number of benzene rings is 2. The number of carbonyl (C=O) groups is 2. The lowest BCUT2D eigenvalue weighted by atomic mass is 9.95. The van der Waals surface area contributed by atoms with E-state index < -0.39 is 0 Å². The Morgan fingerprint density at radius 1 is 1.00 bits per heavy atom. The summed E-state index contributed by atoms with van der Waals surface area (Å²) >= 11 is 1.51. The van der Waals surface area contributed by atoms with Gasteiger partial charge in [-0.15, -0.1) is 0 Å². The van der Waals surface area contributed by atoms with Gasteiger partial charge in [-0.05, 0) is 56.2 Å². The highest BCUT2D eigenvalue weighted by atomic mass is 32.2. The molecule has 1 heterocycles. The molecule has 31 heavy (non-hydrogen) atoms. The minimum Gasteiger partial charge on any atom is -0.326 e. The summed E-state index contributed by atoms with van der Waals surface area (Å²) < 4.78 is 2.35. The Labute approximate surface area is 186 Å². The Hall–Kier alpha value is -2.80. The van der Waals surface area contributed by atoms with Gasteiger partial charge in [0, 0.05) is 24.3 Å². The highest BCUT2D eigenvalue weighted by Crippen LogP contribution is 2.36. The number of nitrogens with one attached hydrogen (secondary N) is 2. The van der Waals surface area contributed by atoms with E-state index in [0.717, 1.165) is 29.0 Å². The van der Waals surface area contributed by atoms with E-state index in [-0.39, 0.29) is 17.1 Å². The van der Waals surface area contributed by atoms with E-state index in [1.165, 1.54) is 37.9 Å². The van der Waals surface area contributed by atoms with Gasteiger partial charge < -0.3 is 15.2 Å². The number of imidazole rings is 1. The van der Waals surface area contributed by atoms with Crippen LogP contribution in [0.5, 0.6) is 0 Å². The summed E-state index contributed by atoms with van der Waals surface area (Å²) in [5.74, 6) is -0.192. The standard InChI is InChI=1S/C24H28N4O2S/c1-16(23(30)26-19-14-12-18(13-15-19)25-17(2)29)31-24-27-21-10-6-7-11-22(21)28(24)20-8-4-3-5-9-20/h6-7,10-16,20H,3-5,8-9H2,1-2H3,(H,25,29)(H,26,30)/t16-/m0/s1. The first kappa shape index (κ1) is 21.4. The zero-order valence-corrected chi connectivity index (χ0v) is 18.7. The summed E-state index contributed by atoms with van der Waals surface area (Å²) in [7, 11) is 0. The second-order valence-electron chi connectivity index (χ2n) is 8.05. The van der Waals surface area contributed by atoms with Gasteiger partial charge in [0.05, 0.1) is 16.3 Å². The van der Waals surface area contributed by atoms with Gasteiger partial charge in [0.2, 0.25) is 11.8 Å². The van der Waals surface area contributed by atoms with Crippen molar-refractivity contribution in [2.75, 3.05) is 10.6 Å². The molecule has 6 nitrogen and oxygen atoms in total. The summed E-state index contributed by atoms with van der Waals surface area (Å²) in [6.07, 6.45) is 6.10. The fraction of sp³-hybridized carbons (Fsp3) is 0.375. The number of rotatable bonds is 6. The van der Waals surface area contributed by atoms with Gasteiger partial charge in [-0.3, -0.25) is 9.59 Å². The van der Waals surface area contributed by atoms with E-state index in [1.807, 2.05) is 19.1 Å². The summed E-state index contributed by atoms with van der Waals surface area (Å²) in [4.78, 5) is 28.9. The topological polar surface area (TPSA) is 76.0 Å². The smallest absolute Gasteiger partial charge is 0.237 e. The van der Waals surface area contributed by atoms with E-state index in [1.54, 1.807) is 24.3 Å². The van der Waals surface area contributed by atoms with Gasteiger partial charge in [0.15, 0.2) is 5.16 Å². The average molecular weight is 437 g/mol. The van der Waals surface area contributed by atoms with Crippen LogP contribution in [-0.4, -0.2) is 26.6 Å². The SMILES string of the molecule is CC(=O)Nc1ccc(NC(=O)[C@H](C)Sc2nc3ccccc3n2C2CCCCC2)cc1. The molecule has 0 aliphatic heterocycles. The Bertz CT molecular complexity index is 1070. The van der Waals surface area contributed by atoms with Crippen LogP contribution in [0.15, 0.2) is 53.7 Å². The molecule has 1 aliphatic carbocycles. The number of thioether (sulfide) groups is 1. The van der Waals surface area contributed by atoms with Gasteiger partial charge in [-0.2, -0.15) is 0 Å². The van der Waals surface area contributed by atoms with Crippen LogP contribution in [0.2, 0.25) is 0 Å². The third kappa shape index (κ3) is 5.10. The first-order valence-corrected chi connectivity index (χ1v) is 11.7. The predicted octanol–water partition coefficient (Wildman–Crippen LogP) is 5.62. The van der Waals surface area contributed by atoms with Crippen LogP contribution in [0.25, 0.3) is 11.0 Å². The molecule has 1 aromatic heterocycles. The van der Waals surface area contributed by atoms with Crippen molar-refractivity contribution >= 4 is 46.0 Å². The molecule has 1 atom stereocenters. The van der Waals surface area contributed by atoms with Crippen LogP contribution in [0, 0.1) is 0 Å². The number of aromatic nitrogens is 2. The molecule has 1 saturated carbocycles. The predicted molar refractivity (Wildman–Crippen MR) is 127 cm³/mol. The summed E-state index contributed by atoms with van der Waals surface area (Å²) in [6.45, 7) is 3.38. The van der Waals surface area contributed by atoms with Crippen LogP contribution >= 0.6 is 11.8 Å². The van der Waals surface area contributed by atoms with E-state index in [0.29, 0.717) is 17.4 Å². The summed E-state index contributed by atoms with van der Waals surface area (Å²) in [5, 5.41) is 6.31. The molecule has 2 aromatic carbocycles. The number of hydrogen-bond acceptors (Lipinski definition) is 4. The first-order chi connectivity index (χ1) is 15.0. The molecule has 162 valence electrons. The number of nitrogens with zero attached hydrogens (tertiary/aromatic N) is 2. The third-order valence-corrected chi connectivity index (χ3v) is 6.69. The van der Waals surface area contributed by atoms with E-state index >= 15 is 0 Å². The zero-order chi connectivity index (χ0) is 21.8. The third-order valence-electron chi connectivity index (χ3n) is 5.63. The minimum atomic E-state index is -0.297. The molecule has 0 unspecified atom stereocenters. The molecule has 2 N–H and O–H groups in total. The van der Waals surface area contributed by atoms with Crippen molar-refractivity contribution in [3.05, 3.63) is 48.5 Å². The van der Waals surface area contributed by atoms with Crippen molar-refractivity contribution in [1.29, 1.82) is 0 Å². The molecule has 1 fully saturated rings. The number of fused-ring (bicyclic) bond motifs is 1. The Morgan fingerprint density at radius 2 is 1.65 bits per heavy atom. The molecule has 3 aromatic rings. The molecule has 0 spiro atoms. The van der Waals surface area contributed by atoms with Gasteiger partial charge >= 0.3 is 0 Å². The zero-order valence-electron chi connectivity index (χ0n) is 17.9. The lowest BCUT2D eigenvalue weighted by Crippen LogP contribution is -2.23. The molecule has 7 heteroatoms. The van der Waals surface area contributed by atoms with E-state index in [2.05, 4.69) is 27.3 Å². The number of hydrogen-bond donors (Lipinski definition) is 2. The van der Waals surface area contributed by atoms with Crippen molar-refractivity contribution in [2.24, 2.45) is 0 Å². The molecule has 0 radical (unpaired) electrons. The molecule has 0 saturated heterocycles. The second kappa shape index (κ2) is 9.56. The van der Waals surface area contributed by atoms with Crippen molar-refractivity contribution in [2.45, 2.75) is 62.4 Å². The Kier molecular flexibility index (Phi) is 6.61. The normalized spacial score (nSPS) is 15.5. The van der Waals surface area contributed by atoms with E-state index in [4.69, 9.17) is 4.98 Å². The first-order valence-electron chi connectivity index (χ1n) is 10.8. The summed E-state index contributed by atoms with van der Waals surface area (Å²) in [5.41, 5.74) is 3.54. The van der Waals surface area contributed by atoms with E-state index in [9.17, 15) is 9.59 Å². The molecule has 2 amide bonds. The highest BCUT2D eigenvalue weighted by molar-refractivity contribution is 8.00. The quantitative estimate of drug-likeness (QED) is 0.492. The van der Waals surface area contributed by atoms with Crippen molar-refractivity contribution in [3.8, 4) is 0 Å². The molecular formula is C24H28N4O2S. The van der Waals surface area contributed by atoms with Crippen molar-refractivity contribution in [3.63, 3.8) is 0 Å². The lowest BCUT2D eigenvalue weighted by molar-refractivity contribution is -0.115. The van der Waals surface area contributed by atoms with Gasteiger partial charge in [0.1, 0.15) is 0 Å². The maximum Gasteiger partial charge on any atom is 0.237 e. The highest BCUT2D eigenvalue weighted by Gasteiger charge is 2.24. The molecule has 1 aliphatic rings. The molecular weight excluding hydrogens is 408 g/mol. The van der Waals surface area contributed by atoms with Gasteiger partial charge in [-0.1, -0.05) is 43.2 Å². The van der Waals surface area contributed by atoms with Gasteiger partial charge in [0.25, 0.3) is 0 Å². The van der Waals surface area contributed by atoms with Crippen LogP contribution in [0.3, 0.4) is 0 Å². The van der Waals surface area contributed by atoms with Crippen LogP contribution < -0.4 is 10.6 Å². The monoisotopic (exact) mass is 436 g/mol. The largest absolute Gasteiger partial charge is 0.326 e. The number of anilines is 2. The maximum atomic E-state index is 12.8. The van der Waals surface area contributed by atoms with Crippen molar-refractivity contribution in [1.82, 2.24) is 9.55 Å².